The molecule has 2 rings (SSSR count). The number of aliphatic carboxylic acids is 1. The number of carboxylic acids is 1. The van der Waals surface area contributed by atoms with E-state index in [9.17, 15) is 4.79 Å². The first kappa shape index (κ1) is 9.98. The topological polar surface area (TPSA) is 55.1 Å². The second kappa shape index (κ2) is 3.55. The van der Waals surface area contributed by atoms with E-state index in [4.69, 9.17) is 16.7 Å². The molecule has 0 aliphatic heterocycles. The number of hydrogen-bond acceptors (Lipinski definition) is 2. The largest absolute Gasteiger partial charge is 0.481 e. The van der Waals surface area contributed by atoms with Crippen molar-refractivity contribution < 1.29 is 9.90 Å². The van der Waals surface area contributed by atoms with Crippen molar-refractivity contribution in [2.45, 2.75) is 6.42 Å². The van der Waals surface area contributed by atoms with Crippen molar-refractivity contribution in [2.24, 2.45) is 7.05 Å². The maximum absolute atomic E-state index is 10.6. The van der Waals surface area contributed by atoms with Gasteiger partial charge in [-0.05, 0) is 17.7 Å². The molecule has 0 fully saturated rings. The molecule has 1 heterocycles. The van der Waals surface area contributed by atoms with Crippen LogP contribution in [-0.2, 0) is 18.3 Å². The summed E-state index contributed by atoms with van der Waals surface area (Å²) in [6, 6.07) is 3.41. The van der Waals surface area contributed by atoms with Crippen LogP contribution in [0, 0.1) is 0 Å². The highest BCUT2D eigenvalue weighted by molar-refractivity contribution is 6.35. The fourth-order valence-corrected chi connectivity index (χ4v) is 1.94. The molecule has 0 atom stereocenters. The number of aryl methyl sites for hydroxylation is 1. The summed E-state index contributed by atoms with van der Waals surface area (Å²) in [6.07, 6.45) is 1.62. The van der Waals surface area contributed by atoms with Crippen molar-refractivity contribution in [1.82, 2.24) is 9.55 Å². The Morgan fingerprint density at radius 2 is 2.33 bits per heavy atom. The number of imidazole rings is 1. The van der Waals surface area contributed by atoms with Gasteiger partial charge in [0.1, 0.15) is 0 Å². The first-order valence-electron chi connectivity index (χ1n) is 4.39. The van der Waals surface area contributed by atoms with Gasteiger partial charge >= 0.3 is 5.97 Å². The van der Waals surface area contributed by atoms with Crippen LogP contribution >= 0.6 is 11.6 Å². The number of benzene rings is 1. The van der Waals surface area contributed by atoms with E-state index in [0.29, 0.717) is 10.6 Å². The van der Waals surface area contributed by atoms with E-state index >= 15 is 0 Å². The Bertz CT molecular complexity index is 533. The highest BCUT2D eigenvalue weighted by Crippen LogP contribution is 2.24. The molecule has 0 aliphatic rings. The van der Waals surface area contributed by atoms with E-state index < -0.39 is 5.97 Å². The maximum Gasteiger partial charge on any atom is 0.307 e. The number of aromatic nitrogens is 2. The summed E-state index contributed by atoms with van der Waals surface area (Å²) in [4.78, 5) is 14.7. The SMILES string of the molecule is Cn1cnc2cc(CC(=O)O)cc(Cl)c21. The van der Waals surface area contributed by atoms with Gasteiger partial charge in [-0.25, -0.2) is 4.98 Å². The minimum atomic E-state index is -0.874. The highest BCUT2D eigenvalue weighted by Gasteiger charge is 2.08. The van der Waals surface area contributed by atoms with Gasteiger partial charge in [0.2, 0.25) is 0 Å². The van der Waals surface area contributed by atoms with Gasteiger partial charge in [-0.3, -0.25) is 4.79 Å². The van der Waals surface area contributed by atoms with E-state index in [2.05, 4.69) is 4.98 Å². The zero-order valence-corrected chi connectivity index (χ0v) is 8.82. The quantitative estimate of drug-likeness (QED) is 0.847. The van der Waals surface area contributed by atoms with Crippen LogP contribution in [0.5, 0.6) is 0 Å². The molecule has 0 unspecified atom stereocenters. The normalized spacial score (nSPS) is 10.8. The van der Waals surface area contributed by atoms with Gasteiger partial charge in [0.15, 0.2) is 0 Å². The maximum atomic E-state index is 10.6. The van der Waals surface area contributed by atoms with E-state index in [1.807, 2.05) is 11.6 Å². The molecule has 1 N–H and O–H groups in total. The third-order valence-electron chi connectivity index (χ3n) is 2.18. The summed E-state index contributed by atoms with van der Waals surface area (Å²) in [7, 11) is 1.85. The van der Waals surface area contributed by atoms with Gasteiger partial charge in [-0.1, -0.05) is 11.6 Å². The van der Waals surface area contributed by atoms with Crippen LogP contribution in [-0.4, -0.2) is 20.6 Å². The zero-order valence-electron chi connectivity index (χ0n) is 8.07. The second-order valence-electron chi connectivity index (χ2n) is 3.37. The molecule has 1 aromatic carbocycles. The average molecular weight is 225 g/mol. The Balaban J connectivity index is 2.58. The Morgan fingerprint density at radius 3 is 3.00 bits per heavy atom. The Kier molecular flexibility index (Phi) is 2.36. The van der Waals surface area contributed by atoms with Crippen LogP contribution in [0.2, 0.25) is 5.02 Å². The number of halogens is 1. The standard InChI is InChI=1S/C10H9ClN2O2/c1-13-5-12-8-3-6(4-9(14)15)2-7(11)10(8)13/h2-3,5H,4H2,1H3,(H,14,15). The van der Waals surface area contributed by atoms with Crippen LogP contribution in [0.15, 0.2) is 18.5 Å². The number of nitrogens with zero attached hydrogens (tertiary/aromatic N) is 2. The zero-order chi connectivity index (χ0) is 11.0. The Morgan fingerprint density at radius 1 is 1.60 bits per heavy atom. The Hall–Kier alpha value is -1.55. The van der Waals surface area contributed by atoms with Crippen molar-refractivity contribution in [1.29, 1.82) is 0 Å². The van der Waals surface area contributed by atoms with Crippen LogP contribution in [0.3, 0.4) is 0 Å². The predicted molar refractivity (Wildman–Crippen MR) is 57.1 cm³/mol. The number of rotatable bonds is 2. The summed E-state index contributed by atoms with van der Waals surface area (Å²) in [5.41, 5.74) is 2.21. The molecule has 4 nitrogen and oxygen atoms in total. The van der Waals surface area contributed by atoms with Crippen molar-refractivity contribution in [3.05, 3.63) is 29.0 Å². The molecule has 0 aliphatic carbocycles. The lowest BCUT2D eigenvalue weighted by atomic mass is 10.1. The molecule has 0 amide bonds. The molecule has 0 spiro atoms. The molecular formula is C10H9ClN2O2. The number of hydrogen-bond donors (Lipinski definition) is 1. The summed E-state index contributed by atoms with van der Waals surface area (Å²) < 4.78 is 1.81. The predicted octanol–water partition coefficient (Wildman–Crippen LogP) is 1.85. The van der Waals surface area contributed by atoms with Crippen LogP contribution in [0.4, 0.5) is 0 Å². The van der Waals surface area contributed by atoms with E-state index in [-0.39, 0.29) is 6.42 Å². The summed E-state index contributed by atoms with van der Waals surface area (Å²) in [6.45, 7) is 0. The fraction of sp³-hybridized carbons (Fsp3) is 0.200. The van der Waals surface area contributed by atoms with Gasteiger partial charge < -0.3 is 9.67 Å². The van der Waals surface area contributed by atoms with Crippen molar-refractivity contribution in [2.75, 3.05) is 0 Å². The minimum Gasteiger partial charge on any atom is -0.481 e. The number of fused-ring (bicyclic) bond motifs is 1. The van der Waals surface area contributed by atoms with Crippen molar-refractivity contribution >= 4 is 28.6 Å². The van der Waals surface area contributed by atoms with Gasteiger partial charge in [0.05, 0.1) is 28.8 Å². The molecule has 0 bridgehead atoms. The molecule has 15 heavy (non-hydrogen) atoms. The van der Waals surface area contributed by atoms with Crippen LogP contribution in [0.1, 0.15) is 5.56 Å². The molecular weight excluding hydrogens is 216 g/mol. The van der Waals surface area contributed by atoms with E-state index in [0.717, 1.165) is 11.0 Å². The lowest BCUT2D eigenvalue weighted by Gasteiger charge is -2.01. The summed E-state index contributed by atoms with van der Waals surface area (Å²) in [5, 5.41) is 9.20. The third-order valence-corrected chi connectivity index (χ3v) is 2.47. The second-order valence-corrected chi connectivity index (χ2v) is 3.78. The summed E-state index contributed by atoms with van der Waals surface area (Å²) in [5.74, 6) is -0.874. The van der Waals surface area contributed by atoms with Gasteiger partial charge in [-0.2, -0.15) is 0 Å². The first-order valence-corrected chi connectivity index (χ1v) is 4.77. The number of carboxylic acid groups (broad SMARTS) is 1. The Labute approximate surface area is 91.1 Å². The first-order chi connectivity index (χ1) is 7.08. The minimum absolute atomic E-state index is 0.0355. The molecule has 0 saturated heterocycles. The lowest BCUT2D eigenvalue weighted by molar-refractivity contribution is -0.136. The van der Waals surface area contributed by atoms with E-state index in [1.165, 1.54) is 0 Å². The van der Waals surface area contributed by atoms with Gasteiger partial charge in [0, 0.05) is 7.05 Å². The van der Waals surface area contributed by atoms with Gasteiger partial charge in [-0.15, -0.1) is 0 Å². The lowest BCUT2D eigenvalue weighted by Crippen LogP contribution is -2.00. The average Bonchev–Trinajstić information content (AvgIpc) is 2.46. The molecule has 2 aromatic rings. The van der Waals surface area contributed by atoms with Crippen molar-refractivity contribution in [3.8, 4) is 0 Å². The van der Waals surface area contributed by atoms with Crippen molar-refractivity contribution in [3.63, 3.8) is 0 Å². The van der Waals surface area contributed by atoms with Gasteiger partial charge in [0.25, 0.3) is 0 Å². The number of carbonyl (C=O) groups is 1. The smallest absolute Gasteiger partial charge is 0.307 e. The fourth-order valence-electron chi connectivity index (χ4n) is 1.57. The summed E-state index contributed by atoms with van der Waals surface area (Å²) >= 11 is 6.04. The molecule has 5 heteroatoms. The molecule has 1 aromatic heterocycles. The monoisotopic (exact) mass is 224 g/mol. The van der Waals surface area contributed by atoms with E-state index in [1.54, 1.807) is 18.5 Å². The van der Waals surface area contributed by atoms with Crippen LogP contribution < -0.4 is 0 Å². The van der Waals surface area contributed by atoms with Crippen LogP contribution in [0.25, 0.3) is 11.0 Å². The molecule has 0 radical (unpaired) electrons. The molecule has 0 saturated carbocycles. The third kappa shape index (κ3) is 1.80. The highest BCUT2D eigenvalue weighted by atomic mass is 35.5. The molecule has 78 valence electrons.